The molecule has 2 aromatic heterocycles. The summed E-state index contributed by atoms with van der Waals surface area (Å²) >= 11 is 0. The van der Waals surface area contributed by atoms with Crippen molar-refractivity contribution < 1.29 is 47.9 Å². The number of para-hydroxylation sites is 2. The van der Waals surface area contributed by atoms with Crippen LogP contribution >= 0.6 is 0 Å². The van der Waals surface area contributed by atoms with Crippen LogP contribution in [0.25, 0.3) is 44.6 Å². The first-order chi connectivity index (χ1) is 27.6. The van der Waals surface area contributed by atoms with E-state index in [-0.39, 0.29) is 13.2 Å². The van der Waals surface area contributed by atoms with Crippen molar-refractivity contribution >= 4 is 40.3 Å². The van der Waals surface area contributed by atoms with E-state index in [0.717, 1.165) is 68.8 Å². The molecule has 2 fully saturated rings. The summed E-state index contributed by atoms with van der Waals surface area (Å²) in [6.45, 7) is 6.19. The van der Waals surface area contributed by atoms with E-state index in [9.17, 15) is 14.4 Å². The molecule has 0 spiro atoms. The Morgan fingerprint density at radius 3 is 2.28 bits per heavy atom. The maximum atomic E-state index is 13.4. The summed E-state index contributed by atoms with van der Waals surface area (Å²) < 4.78 is 36.4. The topological polar surface area (TPSA) is 162 Å². The lowest BCUT2D eigenvalue weighted by Crippen LogP contribution is -2.36. The Labute approximate surface area is 327 Å². The Hall–Kier alpha value is -6.25. The van der Waals surface area contributed by atoms with Crippen molar-refractivity contribution in [2.45, 2.75) is 70.9 Å². The van der Waals surface area contributed by atoms with Gasteiger partial charge in [-0.15, -0.1) is 0 Å². The molecule has 0 aliphatic carbocycles. The molecule has 14 nitrogen and oxygen atoms in total. The lowest BCUT2D eigenvalue weighted by atomic mass is 9.98. The van der Waals surface area contributed by atoms with E-state index in [2.05, 4.69) is 41.2 Å². The number of fused-ring (bicyclic) bond motifs is 3. The van der Waals surface area contributed by atoms with Crippen LogP contribution in [-0.4, -0.2) is 86.4 Å². The standard InChI is InChI=1S/C43H42N4O10/c1-5-10-36-45-37-24(2)19-28(40-44-31-13-8-9-14-32(31)46(40)4)20-33(37)47(36)21-26-15-17-27(18-16-26)29-11-6-7-12-30(29)41(48)54-25(3)55-43(51)57-35-23-53-38-34(56-42(49)50)22-52-39(35)38/h6-9,11-20,25,34-35,38-39H,5,10,21-23H2,1-4H3,(H,49,50)/t25?,34-,35+,38-,39-/m1/s1. The van der Waals surface area contributed by atoms with Crippen molar-refractivity contribution in [1.82, 2.24) is 19.1 Å². The summed E-state index contributed by atoms with van der Waals surface area (Å²) in [5.74, 6) is 1.23. The van der Waals surface area contributed by atoms with Crippen molar-refractivity contribution in [2.75, 3.05) is 13.2 Å². The minimum absolute atomic E-state index is 0.0276. The largest absolute Gasteiger partial charge is 0.511 e. The van der Waals surface area contributed by atoms with E-state index < -0.39 is 49.0 Å². The van der Waals surface area contributed by atoms with Crippen LogP contribution in [0, 0.1) is 6.92 Å². The van der Waals surface area contributed by atoms with Crippen molar-refractivity contribution in [2.24, 2.45) is 7.05 Å². The van der Waals surface area contributed by atoms with Crippen molar-refractivity contribution in [3.8, 4) is 22.5 Å². The van der Waals surface area contributed by atoms with Crippen LogP contribution in [0.1, 0.15) is 47.6 Å². The van der Waals surface area contributed by atoms with Gasteiger partial charge in [-0.25, -0.2) is 24.4 Å². The summed E-state index contributed by atoms with van der Waals surface area (Å²) in [7, 11) is 2.04. The van der Waals surface area contributed by atoms with Gasteiger partial charge in [0, 0.05) is 32.5 Å². The van der Waals surface area contributed by atoms with Crippen LogP contribution < -0.4 is 0 Å². The third kappa shape index (κ3) is 7.53. The van der Waals surface area contributed by atoms with Gasteiger partial charge in [0.05, 0.1) is 40.8 Å². The minimum Gasteiger partial charge on any atom is -0.450 e. The summed E-state index contributed by atoms with van der Waals surface area (Å²) in [6, 6.07) is 27.6. The molecule has 6 aromatic rings. The summed E-state index contributed by atoms with van der Waals surface area (Å²) in [6.07, 6.45) is -5.15. The molecule has 2 aliphatic heterocycles. The Balaban J connectivity index is 0.959. The van der Waals surface area contributed by atoms with Crippen LogP contribution in [-0.2, 0) is 48.4 Å². The highest BCUT2D eigenvalue weighted by Crippen LogP contribution is 2.33. The molecule has 0 bridgehead atoms. The number of benzene rings is 4. The molecule has 294 valence electrons. The maximum absolute atomic E-state index is 13.4. The van der Waals surface area contributed by atoms with Crippen molar-refractivity contribution in [3.05, 3.63) is 107 Å². The van der Waals surface area contributed by atoms with Crippen LogP contribution in [0.4, 0.5) is 9.59 Å². The predicted octanol–water partition coefficient (Wildman–Crippen LogP) is 7.45. The van der Waals surface area contributed by atoms with Crippen LogP contribution in [0.2, 0.25) is 0 Å². The molecule has 1 N–H and O–H groups in total. The fourth-order valence-corrected chi connectivity index (χ4v) is 7.74. The second-order valence-electron chi connectivity index (χ2n) is 14.3. The first-order valence-electron chi connectivity index (χ1n) is 18.9. The van der Waals surface area contributed by atoms with Crippen molar-refractivity contribution in [1.29, 1.82) is 0 Å². The second-order valence-corrected chi connectivity index (χ2v) is 14.3. The van der Waals surface area contributed by atoms with E-state index in [1.54, 1.807) is 12.1 Å². The average molecular weight is 775 g/mol. The van der Waals surface area contributed by atoms with Gasteiger partial charge in [0.15, 0.2) is 12.2 Å². The Morgan fingerprint density at radius 2 is 1.56 bits per heavy atom. The number of aryl methyl sites for hydroxylation is 3. The summed E-state index contributed by atoms with van der Waals surface area (Å²) in [4.78, 5) is 47.0. The molecule has 2 aliphatic rings. The van der Waals surface area contributed by atoms with E-state index in [1.807, 2.05) is 61.6 Å². The fourth-order valence-electron chi connectivity index (χ4n) is 7.74. The number of aromatic nitrogens is 4. The number of carbonyl (C=O) groups excluding carboxylic acids is 2. The third-order valence-corrected chi connectivity index (χ3v) is 10.4. The van der Waals surface area contributed by atoms with Gasteiger partial charge in [0.2, 0.25) is 6.29 Å². The molecule has 2 saturated heterocycles. The van der Waals surface area contributed by atoms with Gasteiger partial charge in [-0.1, -0.05) is 61.5 Å². The smallest absolute Gasteiger partial charge is 0.450 e. The van der Waals surface area contributed by atoms with E-state index in [0.29, 0.717) is 17.7 Å². The molecule has 0 radical (unpaired) electrons. The molecule has 4 aromatic carbocycles. The van der Waals surface area contributed by atoms with Gasteiger partial charge >= 0.3 is 18.3 Å². The van der Waals surface area contributed by atoms with E-state index in [1.165, 1.54) is 6.92 Å². The minimum atomic E-state index is -1.45. The average Bonchev–Trinajstić information content (AvgIpc) is 3.96. The predicted molar refractivity (Wildman–Crippen MR) is 208 cm³/mol. The molecule has 8 rings (SSSR count). The highest BCUT2D eigenvalue weighted by molar-refractivity contribution is 5.97. The van der Waals surface area contributed by atoms with Gasteiger partial charge in [-0.3, -0.25) is 0 Å². The third-order valence-electron chi connectivity index (χ3n) is 10.4. The van der Waals surface area contributed by atoms with E-state index >= 15 is 0 Å². The summed E-state index contributed by atoms with van der Waals surface area (Å²) in [5.41, 5.74) is 8.97. The Morgan fingerprint density at radius 1 is 0.860 bits per heavy atom. The number of ether oxygens (including phenoxy) is 6. The molecule has 4 heterocycles. The van der Waals surface area contributed by atoms with Gasteiger partial charge < -0.3 is 42.7 Å². The number of rotatable bonds is 11. The SMILES string of the molecule is CCCc1nc2c(C)cc(-c3nc4ccccc4n3C)cc2n1Cc1ccc(-c2ccccc2C(=O)OC(C)OC(=O)O[C@H]2CO[C@H]3[C@@H]2OC[C@H]3OC(=O)O)cc1. The number of hydrogen-bond acceptors (Lipinski definition) is 11. The lowest BCUT2D eigenvalue weighted by molar-refractivity contribution is -0.0988. The van der Waals surface area contributed by atoms with Gasteiger partial charge in [-0.05, 0) is 65.9 Å². The van der Waals surface area contributed by atoms with Gasteiger partial charge in [0.25, 0.3) is 0 Å². The highest BCUT2D eigenvalue weighted by Gasteiger charge is 2.51. The molecular weight excluding hydrogens is 732 g/mol. The monoisotopic (exact) mass is 774 g/mol. The van der Waals surface area contributed by atoms with Crippen LogP contribution in [0.3, 0.4) is 0 Å². The molecule has 0 saturated carbocycles. The first kappa shape index (κ1) is 37.7. The molecule has 5 atom stereocenters. The zero-order valence-corrected chi connectivity index (χ0v) is 31.9. The normalized spacial score (nSPS) is 19.4. The van der Waals surface area contributed by atoms with E-state index in [4.69, 9.17) is 43.5 Å². The zero-order valence-electron chi connectivity index (χ0n) is 31.9. The highest BCUT2D eigenvalue weighted by atomic mass is 16.8. The molecular formula is C43H42N4O10. The van der Waals surface area contributed by atoms with Gasteiger partial charge in [-0.2, -0.15) is 0 Å². The van der Waals surface area contributed by atoms with Crippen LogP contribution in [0.15, 0.2) is 84.9 Å². The van der Waals surface area contributed by atoms with Crippen LogP contribution in [0.5, 0.6) is 0 Å². The van der Waals surface area contributed by atoms with Crippen molar-refractivity contribution in [3.63, 3.8) is 0 Å². The Kier molecular flexibility index (Phi) is 10.4. The molecule has 57 heavy (non-hydrogen) atoms. The number of nitrogens with zero attached hydrogens (tertiary/aromatic N) is 4. The number of hydrogen-bond donors (Lipinski definition) is 1. The molecule has 1 unspecified atom stereocenters. The lowest BCUT2D eigenvalue weighted by Gasteiger charge is -2.19. The summed E-state index contributed by atoms with van der Waals surface area (Å²) in [5, 5.41) is 8.93. The number of carbonyl (C=O) groups is 3. The zero-order chi connectivity index (χ0) is 39.8. The first-order valence-corrected chi connectivity index (χ1v) is 18.9. The molecule has 0 amide bonds. The maximum Gasteiger partial charge on any atom is 0.511 e. The fraction of sp³-hybridized carbons (Fsp3) is 0.326. The van der Waals surface area contributed by atoms with Gasteiger partial charge in [0.1, 0.15) is 23.9 Å². The molecule has 14 heteroatoms. The number of esters is 1. The number of carboxylic acid groups (broad SMARTS) is 1. The Bertz CT molecular complexity index is 2470. The second kappa shape index (κ2) is 15.7. The number of imidazole rings is 2. The quantitative estimate of drug-likeness (QED) is 0.0787.